The predicted molar refractivity (Wildman–Crippen MR) is 104 cm³/mol. The fraction of sp³-hybridized carbons (Fsp3) is 0.0588. The van der Waals surface area contributed by atoms with Crippen molar-refractivity contribution in [1.29, 1.82) is 0 Å². The maximum absolute atomic E-state index is 11.7. The van der Waals surface area contributed by atoms with E-state index in [1.54, 1.807) is 12.1 Å². The Hall–Kier alpha value is -3.66. The standard InChI is InChI=1S/C17H13N7O2S/c1-10-5-4-8-13(20-10)22-15-14(24(25)26)16(19-9-18-15)23-17-21-11-6-2-3-7-12(11)27-17/h2-9H,1H3,(H2,18,19,20,21,22,23). The van der Waals surface area contributed by atoms with Crippen LogP contribution in [0.25, 0.3) is 10.2 Å². The Kier molecular flexibility index (Phi) is 4.30. The van der Waals surface area contributed by atoms with E-state index in [0.29, 0.717) is 10.9 Å². The van der Waals surface area contributed by atoms with Gasteiger partial charge in [0.25, 0.3) is 0 Å². The first-order valence-corrected chi connectivity index (χ1v) is 8.74. The Bertz CT molecular complexity index is 1110. The van der Waals surface area contributed by atoms with Crippen LogP contribution in [0.3, 0.4) is 0 Å². The fourth-order valence-corrected chi connectivity index (χ4v) is 3.36. The average molecular weight is 379 g/mol. The number of hydrogen-bond donors (Lipinski definition) is 2. The Balaban J connectivity index is 1.71. The zero-order valence-corrected chi connectivity index (χ0v) is 14.9. The van der Waals surface area contributed by atoms with Crippen molar-refractivity contribution in [3.63, 3.8) is 0 Å². The molecule has 10 heteroatoms. The van der Waals surface area contributed by atoms with Crippen LogP contribution in [-0.2, 0) is 0 Å². The first-order chi connectivity index (χ1) is 13.1. The van der Waals surface area contributed by atoms with Crippen LogP contribution in [0, 0.1) is 17.0 Å². The molecule has 0 aliphatic carbocycles. The molecular weight excluding hydrogens is 366 g/mol. The van der Waals surface area contributed by atoms with Crippen molar-refractivity contribution < 1.29 is 4.92 Å². The van der Waals surface area contributed by atoms with Crippen LogP contribution in [0.5, 0.6) is 0 Å². The molecule has 0 atom stereocenters. The number of fused-ring (bicyclic) bond motifs is 1. The molecule has 0 spiro atoms. The zero-order valence-electron chi connectivity index (χ0n) is 14.1. The molecule has 2 N–H and O–H groups in total. The topological polar surface area (TPSA) is 119 Å². The molecule has 0 amide bonds. The van der Waals surface area contributed by atoms with E-state index in [1.165, 1.54) is 17.7 Å². The van der Waals surface area contributed by atoms with Crippen LogP contribution in [-0.4, -0.2) is 24.9 Å². The van der Waals surface area contributed by atoms with Gasteiger partial charge in [0.05, 0.1) is 15.1 Å². The molecule has 9 nitrogen and oxygen atoms in total. The minimum absolute atomic E-state index is 0.0525. The number of hydrogen-bond acceptors (Lipinski definition) is 9. The van der Waals surface area contributed by atoms with E-state index in [2.05, 4.69) is 30.6 Å². The van der Waals surface area contributed by atoms with E-state index in [9.17, 15) is 10.1 Å². The van der Waals surface area contributed by atoms with Crippen molar-refractivity contribution >= 4 is 49.8 Å². The van der Waals surface area contributed by atoms with Gasteiger partial charge in [-0.05, 0) is 31.2 Å². The molecule has 0 bridgehead atoms. The smallest absolute Gasteiger partial charge is 0.319 e. The number of aryl methyl sites for hydroxylation is 1. The SMILES string of the molecule is Cc1cccc(Nc2ncnc(Nc3nc4ccccc4s3)c2[N+](=O)[O-])n1. The molecule has 0 aliphatic rings. The van der Waals surface area contributed by atoms with Gasteiger partial charge in [0.2, 0.25) is 11.6 Å². The van der Waals surface area contributed by atoms with Crippen molar-refractivity contribution in [2.75, 3.05) is 10.6 Å². The molecule has 4 rings (SSSR count). The van der Waals surface area contributed by atoms with Gasteiger partial charge in [0.1, 0.15) is 12.1 Å². The van der Waals surface area contributed by atoms with E-state index in [1.807, 2.05) is 37.3 Å². The highest BCUT2D eigenvalue weighted by atomic mass is 32.1. The Morgan fingerprint density at radius 2 is 1.78 bits per heavy atom. The van der Waals surface area contributed by atoms with Gasteiger partial charge in [-0.15, -0.1) is 0 Å². The van der Waals surface area contributed by atoms with E-state index >= 15 is 0 Å². The summed E-state index contributed by atoms with van der Waals surface area (Å²) in [5, 5.41) is 18.0. The second-order valence-electron chi connectivity index (χ2n) is 5.58. The Labute approximate surface area is 157 Å². The second-order valence-corrected chi connectivity index (χ2v) is 6.61. The molecule has 0 aliphatic heterocycles. The lowest BCUT2D eigenvalue weighted by molar-refractivity contribution is -0.383. The van der Waals surface area contributed by atoms with Crippen LogP contribution >= 0.6 is 11.3 Å². The summed E-state index contributed by atoms with van der Waals surface area (Å²) in [6, 6.07) is 13.0. The molecule has 27 heavy (non-hydrogen) atoms. The Morgan fingerprint density at radius 1 is 1.00 bits per heavy atom. The molecule has 0 radical (unpaired) electrons. The minimum atomic E-state index is -0.534. The largest absolute Gasteiger partial charge is 0.354 e. The summed E-state index contributed by atoms with van der Waals surface area (Å²) >= 11 is 1.39. The Morgan fingerprint density at radius 3 is 2.52 bits per heavy atom. The lowest BCUT2D eigenvalue weighted by atomic mass is 10.3. The molecule has 1 aromatic carbocycles. The van der Waals surface area contributed by atoms with Gasteiger partial charge >= 0.3 is 5.69 Å². The highest BCUT2D eigenvalue weighted by Crippen LogP contribution is 2.34. The average Bonchev–Trinajstić information content (AvgIpc) is 3.04. The molecule has 3 aromatic heterocycles. The number of nitrogens with one attached hydrogen (secondary N) is 2. The van der Waals surface area contributed by atoms with Crippen LogP contribution < -0.4 is 10.6 Å². The maximum atomic E-state index is 11.7. The molecule has 4 aromatic rings. The number of thiazole rings is 1. The van der Waals surface area contributed by atoms with Gasteiger partial charge in [-0.25, -0.2) is 19.9 Å². The molecule has 0 fully saturated rings. The third kappa shape index (κ3) is 3.51. The van der Waals surface area contributed by atoms with Crippen molar-refractivity contribution in [3.8, 4) is 0 Å². The molecule has 3 heterocycles. The van der Waals surface area contributed by atoms with Crippen LogP contribution in [0.2, 0.25) is 0 Å². The number of anilines is 4. The third-order valence-corrected chi connectivity index (χ3v) is 4.61. The number of pyridine rings is 1. The van der Waals surface area contributed by atoms with E-state index in [4.69, 9.17) is 0 Å². The molecular formula is C17H13N7O2S. The number of aromatic nitrogens is 4. The zero-order chi connectivity index (χ0) is 18.8. The fourth-order valence-electron chi connectivity index (χ4n) is 2.50. The first-order valence-electron chi connectivity index (χ1n) is 7.93. The minimum Gasteiger partial charge on any atom is -0.319 e. The van der Waals surface area contributed by atoms with Crippen molar-refractivity contribution in [1.82, 2.24) is 19.9 Å². The van der Waals surface area contributed by atoms with Gasteiger partial charge in [-0.3, -0.25) is 10.1 Å². The lowest BCUT2D eigenvalue weighted by Gasteiger charge is -2.08. The highest BCUT2D eigenvalue weighted by molar-refractivity contribution is 7.22. The second kappa shape index (κ2) is 6.92. The van der Waals surface area contributed by atoms with Gasteiger partial charge in [-0.1, -0.05) is 29.5 Å². The van der Waals surface area contributed by atoms with Gasteiger partial charge < -0.3 is 10.6 Å². The third-order valence-electron chi connectivity index (χ3n) is 3.66. The van der Waals surface area contributed by atoms with E-state index in [-0.39, 0.29) is 17.3 Å². The molecule has 0 unspecified atom stereocenters. The number of rotatable bonds is 5. The summed E-state index contributed by atoms with van der Waals surface area (Å²) < 4.78 is 0.971. The number of benzene rings is 1. The van der Waals surface area contributed by atoms with Gasteiger partial charge in [0, 0.05) is 5.69 Å². The van der Waals surface area contributed by atoms with Crippen LogP contribution in [0.4, 0.5) is 28.3 Å². The summed E-state index contributed by atoms with van der Waals surface area (Å²) in [6.45, 7) is 1.83. The number of nitro groups is 1. The lowest BCUT2D eigenvalue weighted by Crippen LogP contribution is -2.06. The summed E-state index contributed by atoms with van der Waals surface area (Å²) in [5.41, 5.74) is 1.31. The molecule has 134 valence electrons. The normalized spacial score (nSPS) is 10.7. The summed E-state index contributed by atoms with van der Waals surface area (Å²) in [7, 11) is 0. The van der Waals surface area contributed by atoms with Crippen molar-refractivity contribution in [2.24, 2.45) is 0 Å². The van der Waals surface area contributed by atoms with Gasteiger partial charge in [-0.2, -0.15) is 0 Å². The quantitative estimate of drug-likeness (QED) is 0.391. The molecule has 0 saturated heterocycles. The van der Waals surface area contributed by atoms with Crippen LogP contribution in [0.15, 0.2) is 48.8 Å². The van der Waals surface area contributed by atoms with E-state index in [0.717, 1.165) is 15.9 Å². The number of para-hydroxylation sites is 1. The first kappa shape index (κ1) is 16.8. The summed E-state index contributed by atoms with van der Waals surface area (Å²) in [5.74, 6) is 0.573. The predicted octanol–water partition coefficient (Wildman–Crippen LogP) is 4.19. The highest BCUT2D eigenvalue weighted by Gasteiger charge is 2.24. The van der Waals surface area contributed by atoms with Crippen LogP contribution in [0.1, 0.15) is 5.69 Å². The van der Waals surface area contributed by atoms with Crippen molar-refractivity contribution in [3.05, 3.63) is 64.6 Å². The maximum Gasteiger partial charge on any atom is 0.354 e. The summed E-state index contributed by atoms with van der Waals surface area (Å²) in [4.78, 5) is 27.9. The van der Waals surface area contributed by atoms with E-state index < -0.39 is 4.92 Å². The monoisotopic (exact) mass is 379 g/mol. The molecule has 0 saturated carbocycles. The number of nitrogens with zero attached hydrogens (tertiary/aromatic N) is 5. The van der Waals surface area contributed by atoms with Gasteiger partial charge in [0.15, 0.2) is 5.13 Å². The van der Waals surface area contributed by atoms with Crippen molar-refractivity contribution in [2.45, 2.75) is 6.92 Å². The summed E-state index contributed by atoms with van der Waals surface area (Å²) in [6.07, 6.45) is 1.25.